The summed E-state index contributed by atoms with van der Waals surface area (Å²) in [6, 6.07) is 21.0. The third kappa shape index (κ3) is 5.25. The monoisotopic (exact) mass is 478 g/mol. The zero-order valence-electron chi connectivity index (χ0n) is 19.5. The minimum absolute atomic E-state index is 0.0966. The highest BCUT2D eigenvalue weighted by Crippen LogP contribution is 2.27. The van der Waals surface area contributed by atoms with Crippen molar-refractivity contribution in [2.24, 2.45) is 0 Å². The molecule has 0 radical (unpaired) electrons. The number of carbonyl (C=O) groups excluding carboxylic acids is 1. The molecule has 3 aromatic carbocycles. The van der Waals surface area contributed by atoms with Crippen molar-refractivity contribution in [3.63, 3.8) is 0 Å². The summed E-state index contributed by atoms with van der Waals surface area (Å²) in [4.78, 5) is 13.1. The smallest absolute Gasteiger partial charge is 0.264 e. The average Bonchev–Trinajstić information content (AvgIpc) is 3.31. The molecule has 1 aliphatic carbocycles. The molecule has 1 aliphatic rings. The van der Waals surface area contributed by atoms with E-state index in [0.29, 0.717) is 18.0 Å². The van der Waals surface area contributed by atoms with Crippen LogP contribution in [0.15, 0.2) is 77.7 Å². The van der Waals surface area contributed by atoms with E-state index in [1.54, 1.807) is 42.5 Å². The molecule has 0 heterocycles. The molecule has 6 nitrogen and oxygen atoms in total. The second-order valence-corrected chi connectivity index (χ2v) is 10.3. The van der Waals surface area contributed by atoms with Gasteiger partial charge in [-0.1, -0.05) is 36.4 Å². The van der Waals surface area contributed by atoms with Crippen LogP contribution < -0.4 is 14.4 Å². The van der Waals surface area contributed by atoms with Crippen LogP contribution in [0.4, 0.5) is 5.69 Å². The summed E-state index contributed by atoms with van der Waals surface area (Å²) in [6.07, 6.45) is 3.33. The second kappa shape index (κ2) is 10.3. The Balaban J connectivity index is 1.55. The highest BCUT2D eigenvalue weighted by atomic mass is 32.2. The van der Waals surface area contributed by atoms with Gasteiger partial charge in [0.1, 0.15) is 12.3 Å². The summed E-state index contributed by atoms with van der Waals surface area (Å²) in [5, 5.41) is 2.97. The van der Waals surface area contributed by atoms with E-state index in [9.17, 15) is 13.2 Å². The Morgan fingerprint density at radius 3 is 2.41 bits per heavy atom. The van der Waals surface area contributed by atoms with Gasteiger partial charge in [0.2, 0.25) is 5.91 Å². The highest BCUT2D eigenvalue weighted by molar-refractivity contribution is 7.92. The number of carbonyl (C=O) groups is 1. The molecule has 0 spiro atoms. The van der Waals surface area contributed by atoms with Crippen LogP contribution in [0, 0.1) is 0 Å². The molecule has 178 valence electrons. The fourth-order valence-electron chi connectivity index (χ4n) is 4.27. The highest BCUT2D eigenvalue weighted by Gasteiger charge is 2.28. The number of rotatable bonds is 9. The normalized spacial score (nSPS) is 13.7. The van der Waals surface area contributed by atoms with Gasteiger partial charge in [0, 0.05) is 0 Å². The molecule has 34 heavy (non-hydrogen) atoms. The van der Waals surface area contributed by atoms with Gasteiger partial charge in [-0.15, -0.1) is 0 Å². The number of nitrogens with zero attached hydrogens (tertiary/aromatic N) is 1. The van der Waals surface area contributed by atoms with E-state index >= 15 is 0 Å². The van der Waals surface area contributed by atoms with Crippen LogP contribution in [0.5, 0.6) is 5.75 Å². The minimum Gasteiger partial charge on any atom is -0.494 e. The van der Waals surface area contributed by atoms with Gasteiger partial charge >= 0.3 is 0 Å². The molecule has 0 unspecified atom stereocenters. The summed E-state index contributed by atoms with van der Waals surface area (Å²) in [6.45, 7) is 3.95. The first kappa shape index (κ1) is 23.8. The molecule has 3 aromatic rings. The number of anilines is 1. The lowest BCUT2D eigenvalue weighted by molar-refractivity contribution is -0.120. The summed E-state index contributed by atoms with van der Waals surface area (Å²) in [5.74, 6) is 0.222. The first-order valence-corrected chi connectivity index (χ1v) is 13.0. The van der Waals surface area contributed by atoms with E-state index in [-0.39, 0.29) is 23.4 Å². The molecular formula is C27H30N2O4S. The number of fused-ring (bicyclic) bond motifs is 1. The summed E-state index contributed by atoms with van der Waals surface area (Å²) in [5.41, 5.74) is 4.16. The Morgan fingerprint density at radius 1 is 1.00 bits per heavy atom. The van der Waals surface area contributed by atoms with Crippen molar-refractivity contribution in [1.29, 1.82) is 0 Å². The molecule has 4 rings (SSSR count). The lowest BCUT2D eigenvalue weighted by Gasteiger charge is -2.25. The number of hydrogen-bond donors (Lipinski definition) is 1. The number of amides is 1. The number of hydrogen-bond acceptors (Lipinski definition) is 4. The molecule has 0 fully saturated rings. The summed E-state index contributed by atoms with van der Waals surface area (Å²) < 4.78 is 33.6. The standard InChI is InChI=1S/C27H30N2O4S/c1-3-33-25-14-16-26(17-15-25)34(31,32)29(24-10-5-4-6-11-24)19-27(30)28-20(2)22-13-12-21-8-7-9-23(21)18-22/h4-6,10-18,20H,3,7-9,19H2,1-2H3,(H,28,30)/t20-/m1/s1. The SMILES string of the molecule is CCOc1ccc(S(=O)(=O)N(CC(=O)N[C@H](C)c2ccc3c(c2)CCC3)c2ccccc2)cc1. The largest absolute Gasteiger partial charge is 0.494 e. The van der Waals surface area contributed by atoms with E-state index < -0.39 is 10.0 Å². The van der Waals surface area contributed by atoms with Gasteiger partial charge in [0.05, 0.1) is 23.2 Å². The molecule has 0 saturated heterocycles. The van der Waals surface area contributed by atoms with Crippen LogP contribution in [0.25, 0.3) is 0 Å². The maximum absolute atomic E-state index is 13.5. The van der Waals surface area contributed by atoms with Gasteiger partial charge in [0.15, 0.2) is 0 Å². The van der Waals surface area contributed by atoms with Crippen LogP contribution in [0.3, 0.4) is 0 Å². The first-order chi connectivity index (χ1) is 16.4. The molecule has 1 amide bonds. The maximum atomic E-state index is 13.5. The molecule has 0 aromatic heterocycles. The van der Waals surface area contributed by atoms with Gasteiger partial charge in [-0.3, -0.25) is 9.10 Å². The van der Waals surface area contributed by atoms with Gasteiger partial charge in [-0.2, -0.15) is 0 Å². The zero-order chi connectivity index (χ0) is 24.1. The third-order valence-electron chi connectivity index (χ3n) is 6.05. The van der Waals surface area contributed by atoms with Crippen LogP contribution in [0.1, 0.15) is 43.0 Å². The van der Waals surface area contributed by atoms with Crippen LogP contribution in [0.2, 0.25) is 0 Å². The fraction of sp³-hybridized carbons (Fsp3) is 0.296. The van der Waals surface area contributed by atoms with E-state index in [0.717, 1.165) is 29.1 Å². The lowest BCUT2D eigenvalue weighted by Crippen LogP contribution is -2.41. The predicted molar refractivity (Wildman–Crippen MR) is 134 cm³/mol. The fourth-order valence-corrected chi connectivity index (χ4v) is 5.69. The number of aryl methyl sites for hydroxylation is 2. The molecule has 0 aliphatic heterocycles. The maximum Gasteiger partial charge on any atom is 0.264 e. The molecule has 0 bridgehead atoms. The quantitative estimate of drug-likeness (QED) is 0.486. The van der Waals surface area contributed by atoms with E-state index in [1.807, 2.05) is 19.9 Å². The Bertz CT molecular complexity index is 1240. The topological polar surface area (TPSA) is 75.7 Å². The Hall–Kier alpha value is -3.32. The molecule has 1 atom stereocenters. The second-order valence-electron chi connectivity index (χ2n) is 8.42. The van der Waals surface area contributed by atoms with Gasteiger partial charge in [0.25, 0.3) is 10.0 Å². The number of nitrogens with one attached hydrogen (secondary N) is 1. The number of benzene rings is 3. The summed E-state index contributed by atoms with van der Waals surface area (Å²) in [7, 11) is -3.97. The third-order valence-corrected chi connectivity index (χ3v) is 7.84. The van der Waals surface area contributed by atoms with Crippen LogP contribution in [-0.4, -0.2) is 27.5 Å². The lowest BCUT2D eigenvalue weighted by atomic mass is 10.0. The molecular weight excluding hydrogens is 448 g/mol. The van der Waals surface area contributed by atoms with Crippen molar-refractivity contribution in [3.8, 4) is 5.75 Å². The number of ether oxygens (including phenoxy) is 1. The molecule has 0 saturated carbocycles. The van der Waals surface area contributed by atoms with Crippen molar-refractivity contribution in [2.75, 3.05) is 17.5 Å². The molecule has 7 heteroatoms. The summed E-state index contributed by atoms with van der Waals surface area (Å²) >= 11 is 0. The number of sulfonamides is 1. The van der Waals surface area contributed by atoms with Gasteiger partial charge in [-0.25, -0.2) is 8.42 Å². The predicted octanol–water partition coefficient (Wildman–Crippen LogP) is 4.65. The van der Waals surface area contributed by atoms with E-state index in [4.69, 9.17) is 4.74 Å². The Kier molecular flexibility index (Phi) is 7.22. The van der Waals surface area contributed by atoms with Crippen LogP contribution in [-0.2, 0) is 27.7 Å². The molecule has 1 N–H and O–H groups in total. The van der Waals surface area contributed by atoms with Gasteiger partial charge < -0.3 is 10.1 Å². The van der Waals surface area contributed by atoms with Gasteiger partial charge in [-0.05, 0) is 86.2 Å². The van der Waals surface area contributed by atoms with E-state index in [2.05, 4.69) is 17.4 Å². The van der Waals surface area contributed by atoms with Crippen molar-refractivity contribution in [3.05, 3.63) is 89.5 Å². The zero-order valence-corrected chi connectivity index (χ0v) is 20.3. The van der Waals surface area contributed by atoms with Crippen LogP contribution >= 0.6 is 0 Å². The van der Waals surface area contributed by atoms with Crippen molar-refractivity contribution < 1.29 is 17.9 Å². The minimum atomic E-state index is -3.97. The Morgan fingerprint density at radius 2 is 1.71 bits per heavy atom. The van der Waals surface area contributed by atoms with Crippen molar-refractivity contribution in [2.45, 2.75) is 44.0 Å². The van der Waals surface area contributed by atoms with Crippen molar-refractivity contribution >= 4 is 21.6 Å². The average molecular weight is 479 g/mol. The van der Waals surface area contributed by atoms with Crippen molar-refractivity contribution in [1.82, 2.24) is 5.32 Å². The van der Waals surface area contributed by atoms with E-state index in [1.165, 1.54) is 23.3 Å². The Labute approximate surface area is 201 Å². The first-order valence-electron chi connectivity index (χ1n) is 11.6. The number of para-hydroxylation sites is 1.